The molecule has 0 saturated heterocycles. The van der Waals surface area contributed by atoms with Gasteiger partial charge in [-0.3, -0.25) is 0 Å². The molecule has 1 aromatic carbocycles. The molecule has 1 atom stereocenters. The number of rotatable bonds is 3. The summed E-state index contributed by atoms with van der Waals surface area (Å²) in [5, 5.41) is 0. The zero-order valence-electron chi connectivity index (χ0n) is 10.5. The Bertz CT molecular complexity index is 562. The van der Waals surface area contributed by atoms with Crippen molar-refractivity contribution in [3.8, 4) is 0 Å². The fraction of sp³-hybridized carbons (Fsp3) is 0.357. The van der Waals surface area contributed by atoms with Crippen molar-refractivity contribution in [2.45, 2.75) is 30.8 Å². The number of aryl methyl sites for hydroxylation is 1. The van der Waals surface area contributed by atoms with Crippen LogP contribution in [0.3, 0.4) is 0 Å². The highest BCUT2D eigenvalue weighted by atomic mass is 32.2. The molecule has 4 heteroatoms. The molecule has 0 fully saturated rings. The Kier molecular flexibility index (Phi) is 3.14. The fourth-order valence-corrected chi connectivity index (χ4v) is 3.77. The minimum atomic E-state index is 0.558. The summed E-state index contributed by atoms with van der Waals surface area (Å²) in [5.74, 6) is 2.79. The smallest absolute Gasteiger partial charge is 0.105 e. The van der Waals surface area contributed by atoms with Crippen LogP contribution < -0.4 is 5.73 Å². The molecule has 0 radical (unpaired) electrons. The van der Waals surface area contributed by atoms with Crippen LogP contribution in [0.5, 0.6) is 0 Å². The highest BCUT2D eigenvalue weighted by molar-refractivity contribution is 7.99. The second-order valence-electron chi connectivity index (χ2n) is 4.66. The van der Waals surface area contributed by atoms with Gasteiger partial charge in [0.2, 0.25) is 0 Å². The van der Waals surface area contributed by atoms with Crippen LogP contribution in [0.15, 0.2) is 35.4 Å². The summed E-state index contributed by atoms with van der Waals surface area (Å²) in [5.41, 5.74) is 8.36. The van der Waals surface area contributed by atoms with E-state index in [0.29, 0.717) is 12.5 Å². The van der Waals surface area contributed by atoms with E-state index in [9.17, 15) is 0 Å². The van der Waals surface area contributed by atoms with Crippen molar-refractivity contribution in [3.05, 3.63) is 47.5 Å². The van der Waals surface area contributed by atoms with Gasteiger partial charge in [-0.15, -0.1) is 11.8 Å². The first-order chi connectivity index (χ1) is 8.79. The topological polar surface area (TPSA) is 43.8 Å². The van der Waals surface area contributed by atoms with Crippen LogP contribution in [0.25, 0.3) is 0 Å². The van der Waals surface area contributed by atoms with Gasteiger partial charge >= 0.3 is 0 Å². The molecule has 1 aromatic heterocycles. The maximum absolute atomic E-state index is 5.77. The van der Waals surface area contributed by atoms with Crippen molar-refractivity contribution in [2.75, 3.05) is 5.75 Å². The van der Waals surface area contributed by atoms with Crippen molar-refractivity contribution in [1.29, 1.82) is 0 Å². The molecule has 0 spiro atoms. The number of aromatic nitrogens is 2. The summed E-state index contributed by atoms with van der Waals surface area (Å²) < 4.78 is 2.26. The zero-order chi connectivity index (χ0) is 12.5. The minimum Gasteiger partial charge on any atom is -0.330 e. The predicted molar refractivity (Wildman–Crippen MR) is 74.8 cm³/mol. The lowest BCUT2D eigenvalue weighted by atomic mass is 10.0. The number of imidazole rings is 1. The van der Waals surface area contributed by atoms with E-state index in [2.05, 4.69) is 33.8 Å². The predicted octanol–water partition coefficient (Wildman–Crippen LogP) is 2.54. The third-order valence-electron chi connectivity index (χ3n) is 3.55. The van der Waals surface area contributed by atoms with Gasteiger partial charge in [0.1, 0.15) is 5.82 Å². The number of hydrogen-bond acceptors (Lipinski definition) is 3. The molecule has 3 rings (SSSR count). The van der Waals surface area contributed by atoms with Crippen molar-refractivity contribution in [2.24, 2.45) is 5.73 Å². The summed E-state index contributed by atoms with van der Waals surface area (Å²) in [4.78, 5) is 5.79. The van der Waals surface area contributed by atoms with Crippen molar-refractivity contribution in [1.82, 2.24) is 9.55 Å². The Morgan fingerprint density at radius 1 is 1.44 bits per heavy atom. The number of thioether (sulfide) groups is 1. The Morgan fingerprint density at radius 3 is 3.11 bits per heavy atom. The molecule has 0 saturated carbocycles. The van der Waals surface area contributed by atoms with Crippen LogP contribution in [0.1, 0.15) is 23.0 Å². The average Bonchev–Trinajstić information content (AvgIpc) is 2.96. The lowest BCUT2D eigenvalue weighted by Crippen LogP contribution is -2.14. The molecule has 0 amide bonds. The molecule has 94 valence electrons. The van der Waals surface area contributed by atoms with Crippen molar-refractivity contribution < 1.29 is 0 Å². The van der Waals surface area contributed by atoms with Crippen LogP contribution in [0, 0.1) is 6.92 Å². The SMILES string of the molecule is Cc1ncc(CN)n1CC1CSc2ccccc21. The first-order valence-corrected chi connectivity index (χ1v) is 7.21. The molecular formula is C14H17N3S. The number of nitrogens with zero attached hydrogens (tertiary/aromatic N) is 2. The zero-order valence-corrected chi connectivity index (χ0v) is 11.3. The summed E-state index contributed by atoms with van der Waals surface area (Å²) in [6, 6.07) is 8.70. The molecule has 1 aliphatic heterocycles. The Morgan fingerprint density at radius 2 is 2.28 bits per heavy atom. The molecule has 0 bridgehead atoms. The third kappa shape index (κ3) is 1.95. The van der Waals surface area contributed by atoms with Gasteiger partial charge in [-0.05, 0) is 18.6 Å². The summed E-state index contributed by atoms with van der Waals surface area (Å²) >= 11 is 1.95. The maximum atomic E-state index is 5.77. The van der Waals surface area contributed by atoms with E-state index >= 15 is 0 Å². The first-order valence-electron chi connectivity index (χ1n) is 6.22. The highest BCUT2D eigenvalue weighted by Gasteiger charge is 2.24. The lowest BCUT2D eigenvalue weighted by Gasteiger charge is -2.15. The second kappa shape index (κ2) is 4.78. The van der Waals surface area contributed by atoms with Crippen LogP contribution in [0.2, 0.25) is 0 Å². The van der Waals surface area contributed by atoms with Gasteiger partial charge < -0.3 is 10.3 Å². The van der Waals surface area contributed by atoms with Crippen molar-refractivity contribution >= 4 is 11.8 Å². The van der Waals surface area contributed by atoms with Crippen LogP contribution >= 0.6 is 11.8 Å². The normalized spacial score (nSPS) is 18.0. The number of benzene rings is 1. The van der Waals surface area contributed by atoms with E-state index in [4.69, 9.17) is 5.73 Å². The standard InChI is InChI=1S/C14H17N3S/c1-10-16-7-12(6-15)17(10)8-11-9-18-14-5-3-2-4-13(11)14/h2-5,7,11H,6,8-9,15H2,1H3. The average molecular weight is 259 g/mol. The van der Waals surface area contributed by atoms with E-state index in [0.717, 1.165) is 23.8 Å². The highest BCUT2D eigenvalue weighted by Crippen LogP contribution is 2.40. The van der Waals surface area contributed by atoms with Crippen molar-refractivity contribution in [3.63, 3.8) is 0 Å². The van der Waals surface area contributed by atoms with E-state index in [-0.39, 0.29) is 0 Å². The minimum absolute atomic E-state index is 0.558. The quantitative estimate of drug-likeness (QED) is 0.921. The van der Waals surface area contributed by atoms with Gasteiger partial charge in [-0.2, -0.15) is 0 Å². The van der Waals surface area contributed by atoms with Gasteiger partial charge in [0, 0.05) is 35.9 Å². The van der Waals surface area contributed by atoms with Crippen LogP contribution in [-0.2, 0) is 13.1 Å². The number of nitrogens with two attached hydrogens (primary N) is 1. The van der Waals surface area contributed by atoms with E-state index in [1.54, 1.807) is 0 Å². The molecular weight excluding hydrogens is 242 g/mol. The van der Waals surface area contributed by atoms with Gasteiger partial charge in [-0.25, -0.2) is 4.98 Å². The van der Waals surface area contributed by atoms with Gasteiger partial charge in [0.05, 0.1) is 5.69 Å². The Hall–Kier alpha value is -1.26. The van der Waals surface area contributed by atoms with E-state index in [1.165, 1.54) is 10.5 Å². The van der Waals surface area contributed by atoms with Gasteiger partial charge in [-0.1, -0.05) is 18.2 Å². The molecule has 2 heterocycles. The molecule has 1 aliphatic rings. The largest absolute Gasteiger partial charge is 0.330 e. The third-order valence-corrected chi connectivity index (χ3v) is 4.80. The monoisotopic (exact) mass is 259 g/mol. The molecule has 1 unspecified atom stereocenters. The van der Waals surface area contributed by atoms with Gasteiger partial charge in [0.15, 0.2) is 0 Å². The van der Waals surface area contributed by atoms with E-state index < -0.39 is 0 Å². The molecule has 2 aromatic rings. The fourth-order valence-electron chi connectivity index (χ4n) is 2.53. The Balaban J connectivity index is 1.88. The van der Waals surface area contributed by atoms with Crippen LogP contribution in [-0.4, -0.2) is 15.3 Å². The second-order valence-corrected chi connectivity index (χ2v) is 5.72. The molecule has 18 heavy (non-hydrogen) atoms. The molecule has 2 N–H and O–H groups in total. The Labute approximate surface area is 111 Å². The molecule has 3 nitrogen and oxygen atoms in total. The summed E-state index contributed by atoms with van der Waals surface area (Å²) in [6.07, 6.45) is 1.89. The lowest BCUT2D eigenvalue weighted by molar-refractivity contribution is 0.571. The summed E-state index contributed by atoms with van der Waals surface area (Å²) in [6.45, 7) is 3.60. The number of fused-ring (bicyclic) bond motifs is 1. The maximum Gasteiger partial charge on any atom is 0.105 e. The first kappa shape index (κ1) is 11.8. The van der Waals surface area contributed by atoms with Gasteiger partial charge in [0.25, 0.3) is 0 Å². The number of hydrogen-bond donors (Lipinski definition) is 1. The van der Waals surface area contributed by atoms with E-state index in [1.807, 2.05) is 24.9 Å². The summed E-state index contributed by atoms with van der Waals surface area (Å²) in [7, 11) is 0. The van der Waals surface area contributed by atoms with Crippen LogP contribution in [0.4, 0.5) is 0 Å². The molecule has 0 aliphatic carbocycles.